The number of carboxylic acids is 1. The van der Waals surface area contributed by atoms with E-state index >= 15 is 0 Å². The normalized spacial score (nSPS) is 20.1. The van der Waals surface area contributed by atoms with Gasteiger partial charge in [0.15, 0.2) is 0 Å². The molecule has 0 bridgehead atoms. The Morgan fingerprint density at radius 1 is 1.30 bits per heavy atom. The van der Waals surface area contributed by atoms with Gasteiger partial charge in [-0.15, -0.1) is 0 Å². The number of hydrogen-bond donors (Lipinski definition) is 1. The summed E-state index contributed by atoms with van der Waals surface area (Å²) in [4.78, 5) is 13.7. The van der Waals surface area contributed by atoms with Gasteiger partial charge in [-0.1, -0.05) is 6.07 Å². The first-order valence-electron chi connectivity index (χ1n) is 7.24. The van der Waals surface area contributed by atoms with Gasteiger partial charge in [-0.25, -0.2) is 4.79 Å². The Kier molecular flexibility index (Phi) is 3.67. The minimum absolute atomic E-state index is 0.446. The molecule has 4 heteroatoms. The number of thioether (sulfide) groups is 1. The molecule has 1 heterocycles. The lowest BCUT2D eigenvalue weighted by Gasteiger charge is -2.34. The van der Waals surface area contributed by atoms with Gasteiger partial charge >= 0.3 is 5.97 Å². The quantitative estimate of drug-likeness (QED) is 0.919. The number of piperidine rings is 1. The second-order valence-electron chi connectivity index (χ2n) is 6.08. The van der Waals surface area contributed by atoms with Gasteiger partial charge in [0.05, 0.1) is 11.3 Å². The topological polar surface area (TPSA) is 40.5 Å². The zero-order valence-corrected chi connectivity index (χ0v) is 12.7. The van der Waals surface area contributed by atoms with Gasteiger partial charge in [0.2, 0.25) is 0 Å². The third-order valence-electron chi connectivity index (χ3n) is 4.73. The van der Waals surface area contributed by atoms with Crippen LogP contribution in [-0.2, 0) is 5.75 Å². The van der Waals surface area contributed by atoms with Gasteiger partial charge in [0.25, 0.3) is 0 Å². The third kappa shape index (κ3) is 2.66. The maximum Gasteiger partial charge on any atom is 0.337 e. The van der Waals surface area contributed by atoms with Gasteiger partial charge < -0.3 is 10.0 Å². The van der Waals surface area contributed by atoms with Crippen molar-refractivity contribution in [2.75, 3.05) is 24.2 Å². The van der Waals surface area contributed by atoms with Crippen molar-refractivity contribution in [3.63, 3.8) is 0 Å². The summed E-state index contributed by atoms with van der Waals surface area (Å²) < 4.78 is 0. The lowest BCUT2D eigenvalue weighted by Crippen LogP contribution is -2.35. The van der Waals surface area contributed by atoms with Crippen LogP contribution in [0.5, 0.6) is 0 Å². The van der Waals surface area contributed by atoms with Crippen LogP contribution in [-0.4, -0.2) is 30.4 Å². The van der Waals surface area contributed by atoms with E-state index in [9.17, 15) is 9.90 Å². The van der Waals surface area contributed by atoms with Gasteiger partial charge in [0.1, 0.15) is 0 Å². The molecule has 1 aromatic carbocycles. The molecule has 1 aromatic rings. The highest BCUT2D eigenvalue weighted by molar-refractivity contribution is 7.97. The van der Waals surface area contributed by atoms with Crippen molar-refractivity contribution >= 4 is 23.4 Å². The number of carbonyl (C=O) groups is 1. The Labute approximate surface area is 124 Å². The standard InChI is InChI=1S/C16H21NO2S/c1-20-11-12-2-3-13(15(18)19)14(10-12)17-8-6-16(4-5-16)7-9-17/h2-3,10H,4-9,11H2,1H3,(H,18,19). The van der Waals surface area contributed by atoms with Gasteiger partial charge in [0, 0.05) is 18.8 Å². The summed E-state index contributed by atoms with van der Waals surface area (Å²) in [6.07, 6.45) is 7.26. The minimum atomic E-state index is -0.817. The van der Waals surface area contributed by atoms with E-state index in [0.717, 1.165) is 24.5 Å². The molecule has 0 radical (unpaired) electrons. The molecule has 0 amide bonds. The Bertz CT molecular complexity index is 515. The molecule has 2 fully saturated rings. The minimum Gasteiger partial charge on any atom is -0.478 e. The molecule has 1 aliphatic carbocycles. The van der Waals surface area contributed by atoms with Crippen LogP contribution in [0.25, 0.3) is 0 Å². The molecule has 1 N–H and O–H groups in total. The first kappa shape index (κ1) is 13.8. The number of anilines is 1. The molecule has 0 unspecified atom stereocenters. The molecule has 2 aliphatic rings. The van der Waals surface area contributed by atoms with E-state index in [1.807, 2.05) is 6.07 Å². The summed E-state index contributed by atoms with van der Waals surface area (Å²) in [7, 11) is 0. The summed E-state index contributed by atoms with van der Waals surface area (Å²) in [6.45, 7) is 2.01. The fraction of sp³-hybridized carbons (Fsp3) is 0.562. The summed E-state index contributed by atoms with van der Waals surface area (Å²) in [5.74, 6) is 0.118. The highest BCUT2D eigenvalue weighted by Gasteiger charge is 2.44. The molecular formula is C16H21NO2S. The SMILES string of the molecule is CSCc1ccc(C(=O)O)c(N2CCC3(CC2)CC3)c1. The van der Waals surface area contributed by atoms with Crippen molar-refractivity contribution in [3.8, 4) is 0 Å². The van der Waals surface area contributed by atoms with Crippen molar-refractivity contribution < 1.29 is 9.90 Å². The molecule has 1 saturated heterocycles. The zero-order valence-electron chi connectivity index (χ0n) is 11.9. The van der Waals surface area contributed by atoms with Crippen LogP contribution in [0.1, 0.15) is 41.6 Å². The Morgan fingerprint density at radius 3 is 2.55 bits per heavy atom. The Morgan fingerprint density at radius 2 is 2.00 bits per heavy atom. The van der Waals surface area contributed by atoms with Crippen LogP contribution in [0.2, 0.25) is 0 Å². The van der Waals surface area contributed by atoms with Gasteiger partial charge in [-0.3, -0.25) is 0 Å². The second kappa shape index (κ2) is 5.32. The van der Waals surface area contributed by atoms with Crippen LogP contribution in [0.15, 0.2) is 18.2 Å². The molecule has 108 valence electrons. The van der Waals surface area contributed by atoms with E-state index in [1.54, 1.807) is 17.8 Å². The number of rotatable bonds is 4. The Hall–Kier alpha value is -1.16. The fourth-order valence-electron chi connectivity index (χ4n) is 3.17. The summed E-state index contributed by atoms with van der Waals surface area (Å²) in [6, 6.07) is 5.78. The molecular weight excluding hydrogens is 270 g/mol. The van der Waals surface area contributed by atoms with Crippen molar-refractivity contribution in [3.05, 3.63) is 29.3 Å². The van der Waals surface area contributed by atoms with Gasteiger partial charge in [-0.2, -0.15) is 11.8 Å². The van der Waals surface area contributed by atoms with Crippen LogP contribution in [0.4, 0.5) is 5.69 Å². The van der Waals surface area contributed by atoms with E-state index in [-0.39, 0.29) is 0 Å². The van der Waals surface area contributed by atoms with Crippen LogP contribution >= 0.6 is 11.8 Å². The maximum atomic E-state index is 11.4. The largest absolute Gasteiger partial charge is 0.478 e. The summed E-state index contributed by atoms with van der Waals surface area (Å²) in [5.41, 5.74) is 3.20. The number of benzene rings is 1. The number of carboxylic acid groups (broad SMARTS) is 1. The highest BCUT2D eigenvalue weighted by Crippen LogP contribution is 2.54. The van der Waals surface area contributed by atoms with Crippen molar-refractivity contribution in [2.24, 2.45) is 5.41 Å². The first-order chi connectivity index (χ1) is 9.63. The van der Waals surface area contributed by atoms with Crippen molar-refractivity contribution in [2.45, 2.75) is 31.4 Å². The first-order valence-corrected chi connectivity index (χ1v) is 8.63. The average Bonchev–Trinajstić information content (AvgIpc) is 3.19. The van der Waals surface area contributed by atoms with Crippen LogP contribution < -0.4 is 4.90 Å². The van der Waals surface area contributed by atoms with Crippen LogP contribution in [0.3, 0.4) is 0 Å². The third-order valence-corrected chi connectivity index (χ3v) is 5.35. The monoisotopic (exact) mass is 291 g/mol. The van der Waals surface area contributed by atoms with Crippen LogP contribution in [0, 0.1) is 5.41 Å². The highest BCUT2D eigenvalue weighted by atomic mass is 32.2. The number of nitrogens with zero attached hydrogens (tertiary/aromatic N) is 1. The smallest absolute Gasteiger partial charge is 0.337 e. The van der Waals surface area contributed by atoms with E-state index in [0.29, 0.717) is 11.0 Å². The number of hydrogen-bond acceptors (Lipinski definition) is 3. The molecule has 0 aromatic heterocycles. The summed E-state index contributed by atoms with van der Waals surface area (Å²) in [5, 5.41) is 9.40. The Balaban J connectivity index is 1.85. The fourth-order valence-corrected chi connectivity index (χ4v) is 3.69. The molecule has 3 rings (SSSR count). The molecule has 0 atom stereocenters. The molecule has 1 saturated carbocycles. The number of aromatic carboxylic acids is 1. The molecule has 1 spiro atoms. The molecule has 20 heavy (non-hydrogen) atoms. The van der Waals surface area contributed by atoms with E-state index in [2.05, 4.69) is 17.2 Å². The van der Waals surface area contributed by atoms with Gasteiger partial charge in [-0.05, 0) is 55.1 Å². The van der Waals surface area contributed by atoms with E-state index in [1.165, 1.54) is 31.2 Å². The average molecular weight is 291 g/mol. The molecule has 1 aliphatic heterocycles. The van der Waals surface area contributed by atoms with E-state index < -0.39 is 5.97 Å². The lowest BCUT2D eigenvalue weighted by molar-refractivity contribution is 0.0697. The van der Waals surface area contributed by atoms with Crippen molar-refractivity contribution in [1.82, 2.24) is 0 Å². The van der Waals surface area contributed by atoms with Crippen molar-refractivity contribution in [1.29, 1.82) is 0 Å². The predicted molar refractivity (Wildman–Crippen MR) is 83.7 cm³/mol. The second-order valence-corrected chi connectivity index (χ2v) is 6.94. The predicted octanol–water partition coefficient (Wildman–Crippen LogP) is 3.63. The zero-order chi connectivity index (χ0) is 14.2. The molecule has 3 nitrogen and oxygen atoms in total. The summed E-state index contributed by atoms with van der Waals surface area (Å²) >= 11 is 1.77. The lowest BCUT2D eigenvalue weighted by atomic mass is 9.93. The maximum absolute atomic E-state index is 11.4. The van der Waals surface area contributed by atoms with E-state index in [4.69, 9.17) is 0 Å².